The van der Waals surface area contributed by atoms with Crippen molar-refractivity contribution in [1.82, 2.24) is 20.3 Å². The van der Waals surface area contributed by atoms with Crippen molar-refractivity contribution in [3.05, 3.63) is 0 Å². The number of aromatic nitrogens is 4. The number of rotatable bonds is 0. The first-order chi connectivity index (χ1) is 5.30. The van der Waals surface area contributed by atoms with Gasteiger partial charge in [-0.1, -0.05) is 5.10 Å². The fourth-order valence-corrected chi connectivity index (χ4v) is 0.201. The molecule has 0 saturated carbocycles. The maximum atomic E-state index is 8.60. The summed E-state index contributed by atoms with van der Waals surface area (Å²) in [6.45, 7) is 0. The third kappa shape index (κ3) is 6.91. The normalized spacial score (nSPS) is 10.3. The van der Waals surface area contributed by atoms with Crippen molar-refractivity contribution < 1.29 is 28.9 Å². The molecule has 1 aromatic rings. The standard InChI is InChI=1S/CH4N6.ClHO4/c2-1-4-5-6-7(1)3;2-1(3,4)5/h3H2,(H2,2,4,6);(H,2,3,4,5). The van der Waals surface area contributed by atoms with Gasteiger partial charge in [-0.05, 0) is 10.4 Å². The number of tetrazole rings is 1. The van der Waals surface area contributed by atoms with Crippen LogP contribution in [-0.4, -0.2) is 25.0 Å². The zero-order valence-corrected chi connectivity index (χ0v) is 6.25. The molecule has 0 bridgehead atoms. The lowest BCUT2D eigenvalue weighted by Crippen LogP contribution is -2.58. The average molecular weight is 201 g/mol. The smallest absolute Gasteiger partial charge is 0.260 e. The van der Waals surface area contributed by atoms with Gasteiger partial charge >= 0.3 is 0 Å². The summed E-state index contributed by atoms with van der Waals surface area (Å²) in [4.78, 5) is 0.889. The Hall–Kier alpha value is -1.20. The predicted molar refractivity (Wildman–Crippen MR) is 24.6 cm³/mol. The van der Waals surface area contributed by atoms with Crippen molar-refractivity contribution in [1.29, 1.82) is 0 Å². The van der Waals surface area contributed by atoms with Crippen LogP contribution < -0.4 is 25.6 Å². The van der Waals surface area contributed by atoms with Gasteiger partial charge in [-0.15, -0.1) is 4.79 Å². The summed E-state index contributed by atoms with van der Waals surface area (Å²) in [7, 11) is -4.69. The Labute approximate surface area is 67.7 Å². The van der Waals surface area contributed by atoms with E-state index >= 15 is 0 Å². The van der Waals surface area contributed by atoms with Gasteiger partial charge in [0.25, 0.3) is 5.95 Å². The number of nitrogens with two attached hydrogens (primary N) is 2. The molecule has 0 spiro atoms. The lowest BCUT2D eigenvalue weighted by Gasteiger charge is -2.03. The van der Waals surface area contributed by atoms with Crippen molar-refractivity contribution >= 4 is 5.95 Å². The van der Waals surface area contributed by atoms with E-state index in [9.17, 15) is 0 Å². The third-order valence-corrected chi connectivity index (χ3v) is 0.518. The van der Waals surface area contributed by atoms with Gasteiger partial charge in [0.05, 0.1) is 14.9 Å². The Bertz CT molecular complexity index is 207. The first-order valence-electron chi connectivity index (χ1n) is 2.23. The lowest BCUT2D eigenvalue weighted by atomic mass is 11.1. The van der Waals surface area contributed by atoms with E-state index in [1.54, 1.807) is 0 Å². The third-order valence-electron chi connectivity index (χ3n) is 0.518. The molecule has 0 aromatic carbocycles. The SMILES string of the molecule is Nc1nnnn1N.[O-][Cl+3]([O-])([O-])O. The van der Waals surface area contributed by atoms with Crippen molar-refractivity contribution in [2.45, 2.75) is 0 Å². The highest BCUT2D eigenvalue weighted by Gasteiger charge is 1.98. The van der Waals surface area contributed by atoms with Gasteiger partial charge in [-0.3, -0.25) is 0 Å². The van der Waals surface area contributed by atoms with Crippen molar-refractivity contribution in [2.75, 3.05) is 11.6 Å². The molecule has 0 radical (unpaired) electrons. The monoisotopic (exact) mass is 200 g/mol. The van der Waals surface area contributed by atoms with Gasteiger partial charge in [-0.25, -0.2) is 0 Å². The van der Waals surface area contributed by atoms with Gasteiger partial charge in [0.15, 0.2) is 0 Å². The zero-order chi connectivity index (χ0) is 9.78. The van der Waals surface area contributed by atoms with Crippen LogP contribution in [0.4, 0.5) is 5.95 Å². The Morgan fingerprint density at radius 2 is 1.83 bits per heavy atom. The Balaban J connectivity index is 0.000000217. The molecule has 0 fully saturated rings. The Morgan fingerprint density at radius 1 is 1.42 bits per heavy atom. The summed E-state index contributed by atoms with van der Waals surface area (Å²) >= 11 is 0. The molecule has 0 aliphatic carbocycles. The average Bonchev–Trinajstić information content (AvgIpc) is 2.12. The van der Waals surface area contributed by atoms with E-state index in [1.807, 2.05) is 0 Å². The van der Waals surface area contributed by atoms with Crippen molar-refractivity contribution in [3.8, 4) is 0 Å². The molecule has 70 valence electrons. The molecule has 0 atom stereocenters. The molecule has 5 N–H and O–H groups in total. The van der Waals surface area contributed by atoms with Crippen LogP contribution in [0.15, 0.2) is 0 Å². The molecule has 0 saturated heterocycles. The van der Waals surface area contributed by atoms with E-state index in [4.69, 9.17) is 30.2 Å². The second-order valence-corrected chi connectivity index (χ2v) is 2.17. The van der Waals surface area contributed by atoms with E-state index in [0.29, 0.717) is 0 Å². The topological polar surface area (TPSA) is 185 Å². The van der Waals surface area contributed by atoms with Crippen LogP contribution in [0.25, 0.3) is 0 Å². The quantitative estimate of drug-likeness (QED) is 0.343. The first kappa shape index (κ1) is 10.8. The predicted octanol–water partition coefficient (Wildman–Crippen LogP) is -6.15. The Kier molecular flexibility index (Phi) is 3.59. The van der Waals surface area contributed by atoms with Gasteiger partial charge in [0.1, 0.15) is 0 Å². The Morgan fingerprint density at radius 3 is 1.92 bits per heavy atom. The second-order valence-electron chi connectivity index (χ2n) is 1.38. The fourth-order valence-electron chi connectivity index (χ4n) is 0.201. The van der Waals surface area contributed by atoms with Crippen molar-refractivity contribution in [2.24, 2.45) is 0 Å². The largest absolute Gasteiger partial charge is 0.365 e. The summed E-state index contributed by atoms with van der Waals surface area (Å²) < 4.78 is 32.7. The molecule has 1 heterocycles. The van der Waals surface area contributed by atoms with Gasteiger partial charge < -0.3 is 11.6 Å². The maximum absolute atomic E-state index is 8.60. The van der Waals surface area contributed by atoms with Crippen LogP contribution in [0, 0.1) is 10.2 Å². The second kappa shape index (κ2) is 3.99. The highest BCUT2D eigenvalue weighted by atomic mass is 35.7. The lowest BCUT2D eigenvalue weighted by molar-refractivity contribution is -1.92. The minimum Gasteiger partial charge on any atom is -0.365 e. The maximum Gasteiger partial charge on any atom is 0.260 e. The molecule has 1 rings (SSSR count). The molecular formula is CH5ClN6O4. The molecule has 0 aliphatic rings. The number of nitrogen functional groups attached to an aromatic ring is 2. The van der Waals surface area contributed by atoms with Crippen LogP contribution in [-0.2, 0) is 0 Å². The van der Waals surface area contributed by atoms with Gasteiger partial charge in [0, 0.05) is 0 Å². The van der Waals surface area contributed by atoms with Gasteiger partial charge in [0.2, 0.25) is 0 Å². The number of anilines is 1. The summed E-state index contributed by atoms with van der Waals surface area (Å²) in [6.07, 6.45) is 0. The van der Waals surface area contributed by atoms with Crippen molar-refractivity contribution in [3.63, 3.8) is 0 Å². The molecule has 10 nitrogen and oxygen atoms in total. The van der Waals surface area contributed by atoms with Crippen LogP contribution in [0.2, 0.25) is 0 Å². The number of hydrogen-bond acceptors (Lipinski definition) is 9. The molecule has 0 amide bonds. The highest BCUT2D eigenvalue weighted by Crippen LogP contribution is 1.78. The van der Waals surface area contributed by atoms with E-state index in [2.05, 4.69) is 15.5 Å². The summed E-state index contributed by atoms with van der Waals surface area (Å²) in [5.74, 6) is 5.11. The number of hydrogen-bond donors (Lipinski definition) is 3. The zero-order valence-electron chi connectivity index (χ0n) is 5.49. The molecule has 12 heavy (non-hydrogen) atoms. The summed E-state index contributed by atoms with van der Waals surface area (Å²) in [5.41, 5.74) is 5.04. The molecule has 1 aromatic heterocycles. The fraction of sp³-hybridized carbons (Fsp3) is 0. The summed E-state index contributed by atoms with van der Waals surface area (Å²) in [5, 5.41) is 9.63. The molecule has 0 aliphatic heterocycles. The van der Waals surface area contributed by atoms with E-state index in [-0.39, 0.29) is 5.95 Å². The molecular weight excluding hydrogens is 196 g/mol. The van der Waals surface area contributed by atoms with Gasteiger partial charge in [-0.2, -0.15) is 14.0 Å². The minimum atomic E-state index is -4.69. The number of halogens is 1. The van der Waals surface area contributed by atoms with Crippen LogP contribution >= 0.6 is 0 Å². The van der Waals surface area contributed by atoms with E-state index in [1.165, 1.54) is 0 Å². The summed E-state index contributed by atoms with van der Waals surface area (Å²) in [6, 6.07) is 0. The van der Waals surface area contributed by atoms with Crippen LogP contribution in [0.1, 0.15) is 0 Å². The number of nitrogens with zero attached hydrogens (tertiary/aromatic N) is 4. The van der Waals surface area contributed by atoms with E-state index < -0.39 is 10.2 Å². The molecule has 11 heteroatoms. The van der Waals surface area contributed by atoms with Crippen LogP contribution in [0.3, 0.4) is 0 Å². The van der Waals surface area contributed by atoms with E-state index in [0.717, 1.165) is 4.79 Å². The minimum absolute atomic E-state index is 0.111. The molecule has 0 unspecified atom stereocenters. The first-order valence-corrected chi connectivity index (χ1v) is 3.49. The highest BCUT2D eigenvalue weighted by molar-refractivity contribution is 5.09. The van der Waals surface area contributed by atoms with Crippen LogP contribution in [0.5, 0.6) is 0 Å².